The Kier molecular flexibility index (Phi) is 3.36. The maximum Gasteiger partial charge on any atom is 0.227 e. The van der Waals surface area contributed by atoms with Crippen LogP contribution >= 0.6 is 11.6 Å². The van der Waals surface area contributed by atoms with E-state index >= 15 is 0 Å². The molecule has 3 nitrogen and oxygen atoms in total. The number of rotatable bonds is 2. The first-order chi connectivity index (χ1) is 9.61. The summed E-state index contributed by atoms with van der Waals surface area (Å²) in [5.41, 5.74) is 9.78. The Hall–Kier alpha value is -2.00. The standard InChI is InChI=1S/C16H15ClN2O/c17-14-3-1-2-11(6-14)7-16(20)19-9-12-4-5-15(18)8-13(12)10-19/h1-6,8H,7,9-10,18H2. The number of hydrogen-bond donors (Lipinski definition) is 1. The van der Waals surface area contributed by atoms with E-state index in [1.54, 1.807) is 0 Å². The lowest BCUT2D eigenvalue weighted by Gasteiger charge is -2.15. The molecule has 0 radical (unpaired) electrons. The van der Waals surface area contributed by atoms with Crippen molar-refractivity contribution in [3.63, 3.8) is 0 Å². The molecule has 2 N–H and O–H groups in total. The Bertz CT molecular complexity index is 669. The summed E-state index contributed by atoms with van der Waals surface area (Å²) >= 11 is 5.94. The van der Waals surface area contributed by atoms with Gasteiger partial charge in [-0.15, -0.1) is 0 Å². The van der Waals surface area contributed by atoms with Crippen molar-refractivity contribution in [2.45, 2.75) is 19.5 Å². The van der Waals surface area contributed by atoms with Gasteiger partial charge in [0.25, 0.3) is 0 Å². The minimum atomic E-state index is 0.113. The molecule has 1 amide bonds. The van der Waals surface area contributed by atoms with Gasteiger partial charge in [0.1, 0.15) is 0 Å². The molecule has 0 aliphatic carbocycles. The van der Waals surface area contributed by atoms with E-state index in [0.717, 1.165) is 16.8 Å². The van der Waals surface area contributed by atoms with Gasteiger partial charge in [0.2, 0.25) is 5.91 Å². The molecule has 0 fully saturated rings. The molecule has 2 aromatic rings. The Labute approximate surface area is 123 Å². The summed E-state index contributed by atoms with van der Waals surface area (Å²) in [5.74, 6) is 0.113. The van der Waals surface area contributed by atoms with Crippen LogP contribution in [0.1, 0.15) is 16.7 Å². The molecule has 0 spiro atoms. The third kappa shape index (κ3) is 2.63. The molecule has 0 unspecified atom stereocenters. The van der Waals surface area contributed by atoms with Crippen molar-refractivity contribution in [1.29, 1.82) is 0 Å². The molecule has 0 saturated carbocycles. The molecule has 1 heterocycles. The topological polar surface area (TPSA) is 46.3 Å². The summed E-state index contributed by atoms with van der Waals surface area (Å²) in [6, 6.07) is 13.3. The Morgan fingerprint density at radius 2 is 1.95 bits per heavy atom. The zero-order valence-electron chi connectivity index (χ0n) is 11.0. The number of nitrogen functional groups attached to an aromatic ring is 1. The van der Waals surface area contributed by atoms with Crippen molar-refractivity contribution in [3.8, 4) is 0 Å². The second-order valence-corrected chi connectivity index (χ2v) is 5.52. The first-order valence-electron chi connectivity index (χ1n) is 6.51. The predicted octanol–water partition coefficient (Wildman–Crippen LogP) is 3.01. The zero-order chi connectivity index (χ0) is 14.1. The third-order valence-electron chi connectivity index (χ3n) is 3.55. The number of amides is 1. The van der Waals surface area contributed by atoms with E-state index in [0.29, 0.717) is 24.5 Å². The van der Waals surface area contributed by atoms with Crippen LogP contribution in [-0.2, 0) is 24.3 Å². The largest absolute Gasteiger partial charge is 0.399 e. The van der Waals surface area contributed by atoms with E-state index in [1.807, 2.05) is 47.4 Å². The zero-order valence-corrected chi connectivity index (χ0v) is 11.7. The minimum absolute atomic E-state index is 0.113. The SMILES string of the molecule is Nc1ccc2c(c1)CN(C(=O)Cc1cccc(Cl)c1)C2. The van der Waals surface area contributed by atoms with E-state index < -0.39 is 0 Å². The summed E-state index contributed by atoms with van der Waals surface area (Å²) in [7, 11) is 0. The Morgan fingerprint density at radius 3 is 2.75 bits per heavy atom. The molecule has 4 heteroatoms. The van der Waals surface area contributed by atoms with Crippen LogP contribution in [0, 0.1) is 0 Å². The summed E-state index contributed by atoms with van der Waals surface area (Å²) in [6.45, 7) is 1.30. The lowest BCUT2D eigenvalue weighted by Crippen LogP contribution is -2.26. The van der Waals surface area contributed by atoms with Gasteiger partial charge >= 0.3 is 0 Å². The highest BCUT2D eigenvalue weighted by Crippen LogP contribution is 2.25. The van der Waals surface area contributed by atoms with E-state index in [2.05, 4.69) is 0 Å². The van der Waals surface area contributed by atoms with Gasteiger partial charge in [-0.25, -0.2) is 0 Å². The van der Waals surface area contributed by atoms with Crippen LogP contribution in [0.3, 0.4) is 0 Å². The molecule has 0 atom stereocenters. The molecular formula is C16H15ClN2O. The number of fused-ring (bicyclic) bond motifs is 1. The minimum Gasteiger partial charge on any atom is -0.399 e. The highest BCUT2D eigenvalue weighted by molar-refractivity contribution is 6.30. The van der Waals surface area contributed by atoms with Crippen LogP contribution in [0.15, 0.2) is 42.5 Å². The third-order valence-corrected chi connectivity index (χ3v) is 3.78. The smallest absolute Gasteiger partial charge is 0.227 e. The number of halogens is 1. The van der Waals surface area contributed by atoms with Gasteiger partial charge < -0.3 is 10.6 Å². The van der Waals surface area contributed by atoms with Crippen LogP contribution in [0.25, 0.3) is 0 Å². The van der Waals surface area contributed by atoms with Crippen molar-refractivity contribution in [2.24, 2.45) is 0 Å². The Balaban J connectivity index is 1.71. The molecule has 3 rings (SSSR count). The van der Waals surface area contributed by atoms with E-state index in [1.165, 1.54) is 5.56 Å². The van der Waals surface area contributed by atoms with Crippen molar-refractivity contribution in [1.82, 2.24) is 4.90 Å². The highest BCUT2D eigenvalue weighted by Gasteiger charge is 2.23. The van der Waals surface area contributed by atoms with Crippen LogP contribution in [-0.4, -0.2) is 10.8 Å². The quantitative estimate of drug-likeness (QED) is 0.863. The van der Waals surface area contributed by atoms with E-state index in [4.69, 9.17) is 17.3 Å². The van der Waals surface area contributed by atoms with Gasteiger partial charge in [-0.05, 0) is 41.0 Å². The lowest BCUT2D eigenvalue weighted by molar-refractivity contribution is -0.131. The van der Waals surface area contributed by atoms with Crippen molar-refractivity contribution >= 4 is 23.2 Å². The van der Waals surface area contributed by atoms with Gasteiger partial charge in [-0.1, -0.05) is 29.8 Å². The molecular weight excluding hydrogens is 272 g/mol. The van der Waals surface area contributed by atoms with E-state index in [-0.39, 0.29) is 5.91 Å². The second kappa shape index (κ2) is 5.17. The van der Waals surface area contributed by atoms with Crippen molar-refractivity contribution < 1.29 is 4.79 Å². The molecule has 2 aromatic carbocycles. The van der Waals surface area contributed by atoms with Gasteiger partial charge in [0.15, 0.2) is 0 Å². The van der Waals surface area contributed by atoms with E-state index in [9.17, 15) is 4.79 Å². The highest BCUT2D eigenvalue weighted by atomic mass is 35.5. The fourth-order valence-electron chi connectivity index (χ4n) is 2.52. The number of benzene rings is 2. The molecule has 0 aromatic heterocycles. The maximum absolute atomic E-state index is 12.3. The Morgan fingerprint density at radius 1 is 1.15 bits per heavy atom. The first kappa shape index (κ1) is 13.0. The predicted molar refractivity (Wildman–Crippen MR) is 80.3 cm³/mol. The fourth-order valence-corrected chi connectivity index (χ4v) is 2.74. The summed E-state index contributed by atoms with van der Waals surface area (Å²) < 4.78 is 0. The van der Waals surface area contributed by atoms with Crippen molar-refractivity contribution in [2.75, 3.05) is 5.73 Å². The van der Waals surface area contributed by atoms with Crippen LogP contribution in [0.4, 0.5) is 5.69 Å². The summed E-state index contributed by atoms with van der Waals surface area (Å²) in [6.07, 6.45) is 0.379. The lowest BCUT2D eigenvalue weighted by atomic mass is 10.1. The molecule has 0 saturated heterocycles. The van der Waals surface area contributed by atoms with Gasteiger partial charge in [-0.2, -0.15) is 0 Å². The van der Waals surface area contributed by atoms with Gasteiger partial charge in [0.05, 0.1) is 6.42 Å². The van der Waals surface area contributed by atoms with Crippen LogP contribution in [0.2, 0.25) is 5.02 Å². The number of nitrogens with zero attached hydrogens (tertiary/aromatic N) is 1. The van der Waals surface area contributed by atoms with Gasteiger partial charge in [-0.3, -0.25) is 4.79 Å². The number of carbonyl (C=O) groups is 1. The monoisotopic (exact) mass is 286 g/mol. The molecule has 1 aliphatic heterocycles. The molecule has 0 bridgehead atoms. The summed E-state index contributed by atoms with van der Waals surface area (Å²) in [5, 5.41) is 0.660. The number of nitrogens with two attached hydrogens (primary N) is 1. The molecule has 102 valence electrons. The first-order valence-corrected chi connectivity index (χ1v) is 6.89. The van der Waals surface area contributed by atoms with Crippen molar-refractivity contribution in [3.05, 3.63) is 64.2 Å². The number of carbonyl (C=O) groups excluding carboxylic acids is 1. The average Bonchev–Trinajstić information content (AvgIpc) is 2.81. The molecule has 1 aliphatic rings. The summed E-state index contributed by atoms with van der Waals surface area (Å²) in [4.78, 5) is 14.2. The van der Waals surface area contributed by atoms with Crippen LogP contribution in [0.5, 0.6) is 0 Å². The normalized spacial score (nSPS) is 13.3. The fraction of sp³-hybridized carbons (Fsp3) is 0.188. The van der Waals surface area contributed by atoms with Gasteiger partial charge in [0, 0.05) is 23.8 Å². The number of hydrogen-bond acceptors (Lipinski definition) is 2. The molecule has 20 heavy (non-hydrogen) atoms. The average molecular weight is 287 g/mol. The van der Waals surface area contributed by atoms with Crippen LogP contribution < -0.4 is 5.73 Å². The maximum atomic E-state index is 12.3. The second-order valence-electron chi connectivity index (χ2n) is 5.08. The number of anilines is 1.